The first-order chi connectivity index (χ1) is 8.25. The van der Waals surface area contributed by atoms with E-state index in [4.69, 9.17) is 0 Å². The Morgan fingerprint density at radius 1 is 1.47 bits per heavy atom. The van der Waals surface area contributed by atoms with Crippen LogP contribution in [0.1, 0.15) is 38.7 Å². The van der Waals surface area contributed by atoms with Crippen molar-refractivity contribution in [3.8, 4) is 0 Å². The van der Waals surface area contributed by atoms with Gasteiger partial charge in [0.05, 0.1) is 0 Å². The number of hydrogen-bond acceptors (Lipinski definition) is 2. The normalized spacial score (nSPS) is 21.2. The zero-order chi connectivity index (χ0) is 12.1. The van der Waals surface area contributed by atoms with Gasteiger partial charge in [-0.15, -0.1) is 0 Å². The van der Waals surface area contributed by atoms with E-state index in [2.05, 4.69) is 29.8 Å². The van der Waals surface area contributed by atoms with Gasteiger partial charge in [0.1, 0.15) is 0 Å². The fraction of sp³-hybridized carbons (Fsp3) is 0.667. The van der Waals surface area contributed by atoms with Crippen molar-refractivity contribution in [3.05, 3.63) is 30.1 Å². The predicted octanol–water partition coefficient (Wildman–Crippen LogP) is 3.13. The topological polar surface area (TPSA) is 16.1 Å². The van der Waals surface area contributed by atoms with Crippen LogP contribution in [0.25, 0.3) is 0 Å². The van der Waals surface area contributed by atoms with Gasteiger partial charge < -0.3 is 4.90 Å². The second-order valence-electron chi connectivity index (χ2n) is 5.58. The highest BCUT2D eigenvalue weighted by molar-refractivity contribution is 5.10. The lowest BCUT2D eigenvalue weighted by Gasteiger charge is -2.25. The maximum absolute atomic E-state index is 4.21. The third kappa shape index (κ3) is 3.81. The molecule has 1 aromatic rings. The number of nitrogens with zero attached hydrogens (tertiary/aromatic N) is 2. The average molecular weight is 232 g/mol. The minimum absolute atomic E-state index is 0.748. The summed E-state index contributed by atoms with van der Waals surface area (Å²) in [6, 6.07) is 4.99. The highest BCUT2D eigenvalue weighted by Crippen LogP contribution is 2.21. The summed E-state index contributed by atoms with van der Waals surface area (Å²) in [5, 5.41) is 0. The van der Waals surface area contributed by atoms with Gasteiger partial charge >= 0.3 is 0 Å². The van der Waals surface area contributed by atoms with Crippen LogP contribution in [0.4, 0.5) is 0 Å². The van der Waals surface area contributed by atoms with E-state index in [0.29, 0.717) is 0 Å². The molecule has 1 aromatic heterocycles. The van der Waals surface area contributed by atoms with Gasteiger partial charge in [0.15, 0.2) is 0 Å². The first-order valence-corrected chi connectivity index (χ1v) is 6.88. The summed E-state index contributed by atoms with van der Waals surface area (Å²) in [5.74, 6) is 0.814. The quantitative estimate of drug-likeness (QED) is 0.775. The Morgan fingerprint density at radius 3 is 3.06 bits per heavy atom. The zero-order valence-electron chi connectivity index (χ0n) is 11.1. The number of rotatable bonds is 5. The van der Waals surface area contributed by atoms with Crippen molar-refractivity contribution in [1.82, 2.24) is 9.88 Å². The van der Waals surface area contributed by atoms with E-state index >= 15 is 0 Å². The third-order valence-corrected chi connectivity index (χ3v) is 3.69. The number of hydrogen-bond donors (Lipinski definition) is 0. The highest BCUT2D eigenvalue weighted by atomic mass is 15.2. The van der Waals surface area contributed by atoms with Crippen LogP contribution >= 0.6 is 0 Å². The summed E-state index contributed by atoms with van der Waals surface area (Å²) in [4.78, 5) is 6.88. The van der Waals surface area contributed by atoms with Gasteiger partial charge in [-0.1, -0.05) is 19.9 Å². The molecule has 0 aliphatic carbocycles. The van der Waals surface area contributed by atoms with Crippen LogP contribution in [0, 0.1) is 5.92 Å². The molecule has 2 heteroatoms. The summed E-state index contributed by atoms with van der Waals surface area (Å²) in [6.07, 6.45) is 9.08. The molecule has 0 spiro atoms. The Morgan fingerprint density at radius 2 is 2.35 bits per heavy atom. The van der Waals surface area contributed by atoms with Crippen LogP contribution in [0.3, 0.4) is 0 Å². The lowest BCUT2D eigenvalue weighted by molar-refractivity contribution is 0.238. The van der Waals surface area contributed by atoms with Crippen LogP contribution in [0.2, 0.25) is 0 Å². The molecular weight excluding hydrogens is 208 g/mol. The molecule has 0 N–H and O–H groups in total. The summed E-state index contributed by atoms with van der Waals surface area (Å²) >= 11 is 0. The fourth-order valence-corrected chi connectivity index (χ4v) is 2.64. The Kier molecular flexibility index (Phi) is 4.55. The first-order valence-electron chi connectivity index (χ1n) is 6.88. The molecule has 1 saturated heterocycles. The van der Waals surface area contributed by atoms with Gasteiger partial charge in [-0.2, -0.15) is 0 Å². The van der Waals surface area contributed by atoms with Crippen molar-refractivity contribution >= 4 is 0 Å². The van der Waals surface area contributed by atoms with Crippen LogP contribution in [0.15, 0.2) is 24.5 Å². The van der Waals surface area contributed by atoms with Gasteiger partial charge in [-0.3, -0.25) is 4.98 Å². The Labute approximate surface area is 105 Å². The smallest absolute Gasteiger partial charge is 0.0300 e. The summed E-state index contributed by atoms with van der Waals surface area (Å²) in [6.45, 7) is 7.18. The van der Waals surface area contributed by atoms with E-state index in [0.717, 1.165) is 12.0 Å². The van der Waals surface area contributed by atoms with E-state index in [9.17, 15) is 0 Å². The van der Waals surface area contributed by atoms with Gasteiger partial charge in [-0.25, -0.2) is 0 Å². The second kappa shape index (κ2) is 6.15. The number of pyridine rings is 1. The summed E-state index contributed by atoms with van der Waals surface area (Å²) in [5.41, 5.74) is 1.38. The molecule has 1 atom stereocenters. The molecule has 1 aliphatic rings. The molecule has 0 amide bonds. The first kappa shape index (κ1) is 12.6. The van der Waals surface area contributed by atoms with Gasteiger partial charge in [-0.05, 0) is 56.3 Å². The molecule has 17 heavy (non-hydrogen) atoms. The second-order valence-corrected chi connectivity index (χ2v) is 5.58. The fourth-order valence-electron chi connectivity index (χ4n) is 2.64. The summed E-state index contributed by atoms with van der Waals surface area (Å²) in [7, 11) is 0. The standard InChI is InChI=1S/C15H24N2/c1-13(2)7-10-17-9-4-6-15(17)11-14-5-3-8-16-12-14/h3,5,8,12-13,15H,4,6-7,9-11H2,1-2H3/t15-/m0/s1. The minimum Gasteiger partial charge on any atom is -0.300 e. The molecule has 2 heterocycles. The lowest BCUT2D eigenvalue weighted by Crippen LogP contribution is -2.32. The van der Waals surface area contributed by atoms with Crippen molar-refractivity contribution < 1.29 is 0 Å². The molecule has 1 aliphatic heterocycles. The summed E-state index contributed by atoms with van der Waals surface area (Å²) < 4.78 is 0. The minimum atomic E-state index is 0.748. The van der Waals surface area contributed by atoms with Crippen molar-refractivity contribution in [2.75, 3.05) is 13.1 Å². The molecule has 2 nitrogen and oxygen atoms in total. The van der Waals surface area contributed by atoms with E-state index in [1.54, 1.807) is 0 Å². The van der Waals surface area contributed by atoms with E-state index < -0.39 is 0 Å². The molecular formula is C15H24N2. The number of aromatic nitrogens is 1. The van der Waals surface area contributed by atoms with E-state index in [1.807, 2.05) is 18.5 Å². The maximum atomic E-state index is 4.21. The van der Waals surface area contributed by atoms with Crippen LogP contribution in [0.5, 0.6) is 0 Å². The number of likely N-dealkylation sites (tertiary alicyclic amines) is 1. The molecule has 2 rings (SSSR count). The van der Waals surface area contributed by atoms with E-state index in [-0.39, 0.29) is 0 Å². The van der Waals surface area contributed by atoms with Crippen molar-refractivity contribution in [1.29, 1.82) is 0 Å². The van der Waals surface area contributed by atoms with Gasteiger partial charge in [0, 0.05) is 18.4 Å². The molecule has 0 bridgehead atoms. The van der Waals surface area contributed by atoms with Gasteiger partial charge in [0.25, 0.3) is 0 Å². The van der Waals surface area contributed by atoms with Crippen molar-refractivity contribution in [2.24, 2.45) is 5.92 Å². The Hall–Kier alpha value is -0.890. The molecule has 0 saturated carbocycles. The Bertz CT molecular complexity index is 321. The van der Waals surface area contributed by atoms with Crippen molar-refractivity contribution in [2.45, 2.75) is 45.6 Å². The predicted molar refractivity (Wildman–Crippen MR) is 72.0 cm³/mol. The van der Waals surface area contributed by atoms with Crippen molar-refractivity contribution in [3.63, 3.8) is 0 Å². The largest absolute Gasteiger partial charge is 0.300 e. The average Bonchev–Trinajstić information content (AvgIpc) is 2.75. The molecule has 94 valence electrons. The maximum Gasteiger partial charge on any atom is 0.0300 e. The molecule has 1 fully saturated rings. The molecule has 0 unspecified atom stereocenters. The SMILES string of the molecule is CC(C)CCN1CCC[C@H]1Cc1cccnc1. The Balaban J connectivity index is 1.87. The highest BCUT2D eigenvalue weighted by Gasteiger charge is 2.24. The van der Waals surface area contributed by atoms with Crippen LogP contribution in [-0.4, -0.2) is 29.0 Å². The zero-order valence-corrected chi connectivity index (χ0v) is 11.1. The monoisotopic (exact) mass is 232 g/mol. The molecule has 0 radical (unpaired) electrons. The third-order valence-electron chi connectivity index (χ3n) is 3.69. The van der Waals surface area contributed by atoms with Crippen LogP contribution in [-0.2, 0) is 6.42 Å². The molecule has 0 aromatic carbocycles. The van der Waals surface area contributed by atoms with Gasteiger partial charge in [0.2, 0.25) is 0 Å². The van der Waals surface area contributed by atoms with E-state index in [1.165, 1.54) is 44.3 Å². The van der Waals surface area contributed by atoms with Crippen LogP contribution < -0.4 is 0 Å². The lowest BCUT2D eigenvalue weighted by atomic mass is 10.0.